The first kappa shape index (κ1) is 14.3. The Bertz CT molecular complexity index is 652. The van der Waals surface area contributed by atoms with E-state index in [1.807, 2.05) is 0 Å². The Balaban J connectivity index is 2.47. The second kappa shape index (κ2) is 5.12. The molecule has 0 bridgehead atoms. The number of benzene rings is 1. The number of carbonyl (C=O) groups excluding carboxylic acids is 1. The van der Waals surface area contributed by atoms with Crippen molar-refractivity contribution in [2.24, 2.45) is 0 Å². The van der Waals surface area contributed by atoms with Crippen LogP contribution in [-0.4, -0.2) is 16.8 Å². The van der Waals surface area contributed by atoms with E-state index in [-0.39, 0.29) is 16.9 Å². The number of rotatable bonds is 2. The molecule has 4 nitrogen and oxygen atoms in total. The molecule has 0 saturated carbocycles. The summed E-state index contributed by atoms with van der Waals surface area (Å²) < 4.78 is 46.5. The molecule has 8 heteroatoms. The monoisotopic (exact) mass is 303 g/mol. The van der Waals surface area contributed by atoms with E-state index < -0.39 is 27.7 Å². The fourth-order valence-electron chi connectivity index (χ4n) is 1.59. The van der Waals surface area contributed by atoms with Crippen molar-refractivity contribution in [2.45, 2.75) is 6.18 Å². The number of halogens is 3. The lowest BCUT2D eigenvalue weighted by Gasteiger charge is -2.07. The van der Waals surface area contributed by atoms with Crippen LogP contribution < -0.4 is 5.73 Å². The predicted molar refractivity (Wildman–Crippen MR) is 69.4 cm³/mol. The van der Waals surface area contributed by atoms with Crippen molar-refractivity contribution in [2.75, 3.05) is 12.8 Å². The molecule has 0 saturated heterocycles. The van der Waals surface area contributed by atoms with Crippen LogP contribution in [0, 0.1) is 0 Å². The molecule has 20 heavy (non-hydrogen) atoms. The van der Waals surface area contributed by atoms with E-state index in [1.165, 1.54) is 24.6 Å². The van der Waals surface area contributed by atoms with Gasteiger partial charge < -0.3 is 10.5 Å². The van der Waals surface area contributed by atoms with Crippen molar-refractivity contribution in [1.82, 2.24) is 4.37 Å². The van der Waals surface area contributed by atoms with E-state index in [1.54, 1.807) is 0 Å². The standard InChI is InChI=1S/C12H10F3N2O2S/c1-19-11(18)20-6-9(16)10(17-20)7-3-2-4-8(5-7)12(13,14)15/h2-6H,16H2,1H3/q+1. The zero-order chi connectivity index (χ0) is 14.9. The summed E-state index contributed by atoms with van der Waals surface area (Å²) in [4.78, 5) is 11.4. The Hall–Kier alpha value is -2.09. The quantitative estimate of drug-likeness (QED) is 0.678. The number of hydrogen-bond acceptors (Lipinski definition) is 4. The van der Waals surface area contributed by atoms with Gasteiger partial charge in [0.05, 0.1) is 12.7 Å². The number of nitrogens with two attached hydrogens (primary N) is 1. The number of alkyl halides is 3. The summed E-state index contributed by atoms with van der Waals surface area (Å²) in [6.07, 6.45) is -4.45. The SMILES string of the molecule is COC(=O)[s+]1cc(N)c(-c2cccc(C(F)(F)F)c2)n1. The summed E-state index contributed by atoms with van der Waals surface area (Å²) in [6, 6.07) is 4.63. The molecule has 1 heterocycles. The summed E-state index contributed by atoms with van der Waals surface area (Å²) in [6.45, 7) is 0. The highest BCUT2D eigenvalue weighted by atomic mass is 32.2. The Labute approximate surface area is 115 Å². The highest BCUT2D eigenvalue weighted by Crippen LogP contribution is 2.35. The van der Waals surface area contributed by atoms with Crippen molar-refractivity contribution in [1.29, 1.82) is 0 Å². The smallest absolute Gasteiger partial charge is 0.423 e. The van der Waals surface area contributed by atoms with E-state index in [0.29, 0.717) is 0 Å². The number of nitrogen functional groups attached to an aromatic ring is 1. The maximum atomic E-state index is 12.7. The maximum absolute atomic E-state index is 12.7. The summed E-state index contributed by atoms with van der Waals surface area (Å²) in [5.41, 5.74) is 5.46. The van der Waals surface area contributed by atoms with E-state index in [9.17, 15) is 18.0 Å². The molecular weight excluding hydrogens is 293 g/mol. The molecular formula is C12H10F3N2O2S+. The van der Waals surface area contributed by atoms with Gasteiger partial charge >= 0.3 is 11.5 Å². The first-order valence-electron chi connectivity index (χ1n) is 5.38. The van der Waals surface area contributed by atoms with Crippen LogP contribution >= 0.6 is 10.7 Å². The van der Waals surface area contributed by atoms with Crippen molar-refractivity contribution in [3.8, 4) is 11.3 Å². The Morgan fingerprint density at radius 2 is 2.10 bits per heavy atom. The largest absolute Gasteiger partial charge is 0.578 e. The lowest BCUT2D eigenvalue weighted by molar-refractivity contribution is -0.137. The van der Waals surface area contributed by atoms with Gasteiger partial charge in [0.2, 0.25) is 16.0 Å². The number of hydrogen-bond donors (Lipinski definition) is 1. The van der Waals surface area contributed by atoms with Crippen LogP contribution in [0.2, 0.25) is 0 Å². The number of methoxy groups -OCH3 is 1. The highest BCUT2D eigenvalue weighted by molar-refractivity contribution is 7.45. The molecule has 0 aliphatic heterocycles. The van der Waals surface area contributed by atoms with Gasteiger partial charge in [-0.25, -0.2) is 0 Å². The topological polar surface area (TPSA) is 65.2 Å². The lowest BCUT2D eigenvalue weighted by atomic mass is 10.1. The molecule has 0 radical (unpaired) electrons. The summed E-state index contributed by atoms with van der Waals surface area (Å²) >= 11 is 0. The number of carbonyl (C=O) groups is 1. The van der Waals surface area contributed by atoms with Gasteiger partial charge in [0.1, 0.15) is 5.69 Å². The number of aromatic nitrogens is 1. The zero-order valence-corrected chi connectivity index (χ0v) is 11.1. The molecule has 0 aliphatic rings. The van der Waals surface area contributed by atoms with Crippen LogP contribution in [-0.2, 0) is 10.9 Å². The molecule has 2 N–H and O–H groups in total. The normalized spacial score (nSPS) is 12.3. The third-order valence-electron chi connectivity index (χ3n) is 2.50. The average molecular weight is 303 g/mol. The van der Waals surface area contributed by atoms with Gasteiger partial charge in [-0.05, 0) is 16.5 Å². The molecule has 1 aromatic heterocycles. The van der Waals surface area contributed by atoms with Gasteiger partial charge in [0.25, 0.3) is 0 Å². The van der Waals surface area contributed by atoms with Gasteiger partial charge in [-0.2, -0.15) is 18.0 Å². The first-order chi connectivity index (χ1) is 9.32. The Morgan fingerprint density at radius 3 is 2.70 bits per heavy atom. The minimum Gasteiger partial charge on any atom is -0.423 e. The second-order valence-corrected chi connectivity index (χ2v) is 5.24. The van der Waals surface area contributed by atoms with Crippen molar-refractivity contribution < 1.29 is 22.7 Å². The molecule has 2 aromatic rings. The zero-order valence-electron chi connectivity index (χ0n) is 10.3. The fraction of sp³-hybridized carbons (Fsp3) is 0.167. The van der Waals surface area contributed by atoms with Gasteiger partial charge in [-0.15, -0.1) is 0 Å². The van der Waals surface area contributed by atoms with Crippen LogP contribution in [0.4, 0.5) is 23.7 Å². The van der Waals surface area contributed by atoms with Crippen molar-refractivity contribution in [3.05, 3.63) is 35.2 Å². The third kappa shape index (κ3) is 2.74. The minimum absolute atomic E-state index is 0.165. The van der Waals surface area contributed by atoms with E-state index in [2.05, 4.69) is 9.11 Å². The first-order valence-corrected chi connectivity index (χ1v) is 6.62. The van der Waals surface area contributed by atoms with E-state index in [0.717, 1.165) is 12.1 Å². The van der Waals surface area contributed by atoms with Crippen LogP contribution in [0.15, 0.2) is 29.6 Å². The number of anilines is 1. The third-order valence-corrected chi connectivity index (χ3v) is 3.87. The molecule has 0 spiro atoms. The van der Waals surface area contributed by atoms with Crippen molar-refractivity contribution in [3.63, 3.8) is 0 Å². The Morgan fingerprint density at radius 1 is 1.40 bits per heavy atom. The van der Waals surface area contributed by atoms with Crippen LogP contribution in [0.1, 0.15) is 5.56 Å². The molecule has 0 fully saturated rings. The summed E-state index contributed by atoms with van der Waals surface area (Å²) in [5, 5.41) is 0.788. The highest BCUT2D eigenvalue weighted by Gasteiger charge is 2.32. The van der Waals surface area contributed by atoms with Gasteiger partial charge in [-0.3, -0.25) is 0 Å². The minimum atomic E-state index is -4.45. The maximum Gasteiger partial charge on any atom is 0.578 e. The van der Waals surface area contributed by atoms with Gasteiger partial charge in [-0.1, -0.05) is 12.1 Å². The van der Waals surface area contributed by atoms with Gasteiger partial charge in [0, 0.05) is 5.56 Å². The van der Waals surface area contributed by atoms with E-state index in [4.69, 9.17) is 5.73 Å². The molecule has 1 atom stereocenters. The Kier molecular flexibility index (Phi) is 3.67. The second-order valence-electron chi connectivity index (χ2n) is 3.86. The van der Waals surface area contributed by atoms with Gasteiger partial charge in [0.15, 0.2) is 5.69 Å². The summed E-state index contributed by atoms with van der Waals surface area (Å²) in [5.74, 6) is 0. The molecule has 106 valence electrons. The van der Waals surface area contributed by atoms with Crippen LogP contribution in [0.25, 0.3) is 11.3 Å². The summed E-state index contributed by atoms with van der Waals surface area (Å²) in [7, 11) is 0.00358. The molecule has 1 aromatic carbocycles. The molecule has 0 aliphatic carbocycles. The number of nitrogens with zero attached hydrogens (tertiary/aromatic N) is 1. The van der Waals surface area contributed by atoms with Crippen molar-refractivity contribution >= 4 is 21.7 Å². The van der Waals surface area contributed by atoms with E-state index >= 15 is 0 Å². The molecule has 0 amide bonds. The average Bonchev–Trinajstić information content (AvgIpc) is 2.79. The molecule has 2 rings (SSSR count). The van der Waals surface area contributed by atoms with Crippen LogP contribution in [0.3, 0.4) is 0 Å². The van der Waals surface area contributed by atoms with Crippen LogP contribution in [0.5, 0.6) is 0 Å². The molecule has 1 unspecified atom stereocenters. The predicted octanol–water partition coefficient (Wildman–Crippen LogP) is 3.71. The lowest BCUT2D eigenvalue weighted by Crippen LogP contribution is -2.04. The fourth-order valence-corrected chi connectivity index (χ4v) is 2.74. The number of ether oxygens (including phenoxy) is 1.